The largest absolute Gasteiger partial charge is 0.324 e. The fourth-order valence-electron chi connectivity index (χ4n) is 2.23. The second-order valence-electron chi connectivity index (χ2n) is 5.45. The zero-order valence-electron chi connectivity index (χ0n) is 13.8. The predicted molar refractivity (Wildman–Crippen MR) is 101 cm³/mol. The Morgan fingerprint density at radius 2 is 1.92 bits per heavy atom. The topological polar surface area (TPSA) is 90.7 Å². The Bertz CT molecular complexity index is 996. The lowest BCUT2D eigenvalue weighted by molar-refractivity contribution is 0.102. The molecular formula is C19H14ClN5O. The van der Waals surface area contributed by atoms with Crippen LogP contribution < -0.4 is 10.6 Å². The molecule has 6 nitrogen and oxygen atoms in total. The first-order valence-electron chi connectivity index (χ1n) is 7.73. The molecule has 0 aliphatic heterocycles. The van der Waals surface area contributed by atoms with E-state index in [1.807, 2.05) is 6.92 Å². The molecule has 3 aromatic rings. The average Bonchev–Trinajstić information content (AvgIpc) is 2.66. The van der Waals surface area contributed by atoms with Crippen molar-refractivity contribution >= 4 is 34.8 Å². The Balaban J connectivity index is 1.76. The summed E-state index contributed by atoms with van der Waals surface area (Å²) in [5.74, 6) is -0.0779. The number of nitriles is 1. The van der Waals surface area contributed by atoms with Crippen molar-refractivity contribution in [2.45, 2.75) is 6.92 Å². The standard InChI is InChI=1S/C19H14ClN5O/c1-12-15(20)3-2-4-16(12)24-18(26)17-9-10-22-19(25-17)23-14-7-5-13(11-21)6-8-14/h2-10H,1H3,(H,24,26)(H,22,23,25). The summed E-state index contributed by atoms with van der Waals surface area (Å²) in [7, 11) is 0. The zero-order chi connectivity index (χ0) is 18.5. The molecule has 2 N–H and O–H groups in total. The van der Waals surface area contributed by atoms with Gasteiger partial charge in [-0.05, 0) is 55.0 Å². The third-order valence-corrected chi connectivity index (χ3v) is 4.08. The quantitative estimate of drug-likeness (QED) is 0.720. The fraction of sp³-hybridized carbons (Fsp3) is 0.0526. The third-order valence-electron chi connectivity index (χ3n) is 3.67. The molecule has 0 bridgehead atoms. The molecule has 0 atom stereocenters. The van der Waals surface area contributed by atoms with Crippen molar-refractivity contribution in [2.75, 3.05) is 10.6 Å². The zero-order valence-corrected chi connectivity index (χ0v) is 14.6. The Labute approximate surface area is 155 Å². The van der Waals surface area contributed by atoms with E-state index in [1.165, 1.54) is 12.3 Å². The van der Waals surface area contributed by atoms with Crippen LogP contribution in [0.25, 0.3) is 0 Å². The Hall–Kier alpha value is -3.43. The van der Waals surface area contributed by atoms with Gasteiger partial charge in [0, 0.05) is 22.6 Å². The minimum absolute atomic E-state index is 0.218. The number of carbonyl (C=O) groups is 1. The van der Waals surface area contributed by atoms with Crippen molar-refractivity contribution in [2.24, 2.45) is 0 Å². The van der Waals surface area contributed by atoms with E-state index in [9.17, 15) is 4.79 Å². The van der Waals surface area contributed by atoms with Crippen molar-refractivity contribution < 1.29 is 4.79 Å². The maximum atomic E-state index is 12.5. The molecule has 3 rings (SSSR count). The van der Waals surface area contributed by atoms with E-state index < -0.39 is 0 Å². The molecule has 0 unspecified atom stereocenters. The normalized spacial score (nSPS) is 10.0. The van der Waals surface area contributed by atoms with Crippen molar-refractivity contribution in [3.63, 3.8) is 0 Å². The highest BCUT2D eigenvalue weighted by atomic mass is 35.5. The van der Waals surface area contributed by atoms with Gasteiger partial charge in [-0.2, -0.15) is 5.26 Å². The van der Waals surface area contributed by atoms with Gasteiger partial charge in [-0.1, -0.05) is 17.7 Å². The van der Waals surface area contributed by atoms with Gasteiger partial charge in [0.15, 0.2) is 0 Å². The number of benzene rings is 2. The number of halogens is 1. The van der Waals surface area contributed by atoms with Crippen LogP contribution >= 0.6 is 11.6 Å². The molecule has 0 fully saturated rings. The van der Waals surface area contributed by atoms with E-state index in [1.54, 1.807) is 42.5 Å². The van der Waals surface area contributed by atoms with Crippen LogP contribution in [0.4, 0.5) is 17.3 Å². The molecule has 1 amide bonds. The van der Waals surface area contributed by atoms with Crippen LogP contribution in [0.15, 0.2) is 54.7 Å². The molecule has 2 aromatic carbocycles. The number of hydrogen-bond acceptors (Lipinski definition) is 5. The molecule has 128 valence electrons. The number of carbonyl (C=O) groups excluding carboxylic acids is 1. The summed E-state index contributed by atoms with van der Waals surface area (Å²) in [4.78, 5) is 20.8. The lowest BCUT2D eigenvalue weighted by atomic mass is 10.2. The highest BCUT2D eigenvalue weighted by Crippen LogP contribution is 2.23. The lowest BCUT2D eigenvalue weighted by Crippen LogP contribution is -2.15. The Morgan fingerprint density at radius 3 is 2.65 bits per heavy atom. The van der Waals surface area contributed by atoms with Crippen molar-refractivity contribution in [1.82, 2.24) is 9.97 Å². The van der Waals surface area contributed by atoms with Gasteiger partial charge in [0.2, 0.25) is 5.95 Å². The van der Waals surface area contributed by atoms with E-state index >= 15 is 0 Å². The van der Waals surface area contributed by atoms with E-state index in [2.05, 4.69) is 26.7 Å². The van der Waals surface area contributed by atoms with Crippen molar-refractivity contribution in [3.05, 3.63) is 76.6 Å². The summed E-state index contributed by atoms with van der Waals surface area (Å²) in [6.07, 6.45) is 1.50. The molecule has 0 spiro atoms. The van der Waals surface area contributed by atoms with Crippen LogP contribution in [-0.4, -0.2) is 15.9 Å². The minimum Gasteiger partial charge on any atom is -0.324 e. The summed E-state index contributed by atoms with van der Waals surface area (Å²) < 4.78 is 0. The highest BCUT2D eigenvalue weighted by Gasteiger charge is 2.11. The van der Waals surface area contributed by atoms with Crippen molar-refractivity contribution in [1.29, 1.82) is 5.26 Å². The molecule has 0 radical (unpaired) electrons. The molecule has 0 aliphatic carbocycles. The average molecular weight is 364 g/mol. The summed E-state index contributed by atoms with van der Waals surface area (Å²) >= 11 is 6.07. The van der Waals surface area contributed by atoms with Gasteiger partial charge in [-0.3, -0.25) is 4.79 Å². The Kier molecular flexibility index (Phi) is 5.11. The maximum absolute atomic E-state index is 12.5. The number of nitrogens with zero attached hydrogens (tertiary/aromatic N) is 3. The van der Waals surface area contributed by atoms with Crippen LogP contribution in [-0.2, 0) is 0 Å². The van der Waals surface area contributed by atoms with Crippen LogP contribution in [0.5, 0.6) is 0 Å². The number of aromatic nitrogens is 2. The number of anilines is 3. The molecule has 7 heteroatoms. The molecule has 1 aromatic heterocycles. The molecule has 26 heavy (non-hydrogen) atoms. The lowest BCUT2D eigenvalue weighted by Gasteiger charge is -2.10. The van der Waals surface area contributed by atoms with E-state index in [0.717, 1.165) is 5.56 Å². The summed E-state index contributed by atoms with van der Waals surface area (Å²) in [5, 5.41) is 15.2. The third kappa shape index (κ3) is 3.97. The molecular weight excluding hydrogens is 350 g/mol. The molecule has 0 aliphatic rings. The molecule has 0 saturated heterocycles. The van der Waals surface area contributed by atoms with Gasteiger partial charge >= 0.3 is 0 Å². The van der Waals surface area contributed by atoms with Gasteiger partial charge in [0.25, 0.3) is 5.91 Å². The van der Waals surface area contributed by atoms with Gasteiger partial charge < -0.3 is 10.6 Å². The van der Waals surface area contributed by atoms with Gasteiger partial charge in [-0.15, -0.1) is 0 Å². The Morgan fingerprint density at radius 1 is 1.15 bits per heavy atom. The first-order valence-corrected chi connectivity index (χ1v) is 8.11. The fourth-order valence-corrected chi connectivity index (χ4v) is 2.41. The summed E-state index contributed by atoms with van der Waals surface area (Å²) in [6, 6.07) is 15.7. The monoisotopic (exact) mass is 363 g/mol. The number of amides is 1. The first kappa shape index (κ1) is 17.4. The predicted octanol–water partition coefficient (Wildman–Crippen LogP) is 4.31. The van der Waals surface area contributed by atoms with Gasteiger partial charge in [-0.25, -0.2) is 9.97 Å². The summed E-state index contributed by atoms with van der Waals surface area (Å²) in [6.45, 7) is 1.83. The summed E-state index contributed by atoms with van der Waals surface area (Å²) in [5.41, 5.74) is 2.90. The van der Waals surface area contributed by atoms with E-state index in [4.69, 9.17) is 16.9 Å². The van der Waals surface area contributed by atoms with Crippen LogP contribution in [0.3, 0.4) is 0 Å². The number of nitrogens with one attached hydrogen (secondary N) is 2. The molecule has 1 heterocycles. The van der Waals surface area contributed by atoms with E-state index in [0.29, 0.717) is 22.0 Å². The number of hydrogen-bond donors (Lipinski definition) is 2. The van der Waals surface area contributed by atoms with E-state index in [-0.39, 0.29) is 17.5 Å². The smallest absolute Gasteiger partial charge is 0.274 e. The van der Waals surface area contributed by atoms with Crippen LogP contribution in [0.2, 0.25) is 5.02 Å². The van der Waals surface area contributed by atoms with Gasteiger partial charge in [0.05, 0.1) is 11.6 Å². The minimum atomic E-state index is -0.361. The van der Waals surface area contributed by atoms with Crippen LogP contribution in [0, 0.1) is 18.3 Å². The van der Waals surface area contributed by atoms with Gasteiger partial charge in [0.1, 0.15) is 5.69 Å². The van der Waals surface area contributed by atoms with Crippen LogP contribution in [0.1, 0.15) is 21.6 Å². The molecule has 0 saturated carbocycles. The highest BCUT2D eigenvalue weighted by molar-refractivity contribution is 6.31. The SMILES string of the molecule is Cc1c(Cl)cccc1NC(=O)c1ccnc(Nc2ccc(C#N)cc2)n1. The second-order valence-corrected chi connectivity index (χ2v) is 5.85. The van der Waals surface area contributed by atoms with Crippen molar-refractivity contribution in [3.8, 4) is 6.07 Å². The maximum Gasteiger partial charge on any atom is 0.274 e. The second kappa shape index (κ2) is 7.64. The first-order chi connectivity index (χ1) is 12.6. The number of rotatable bonds is 4.